The number of benzene rings is 13. The van der Waals surface area contributed by atoms with Crippen LogP contribution in [0.4, 0.5) is 34.1 Å². The first kappa shape index (κ1) is 49.8. The van der Waals surface area contributed by atoms with Crippen LogP contribution in [-0.4, -0.2) is 0 Å². The Labute approximate surface area is 494 Å². The van der Waals surface area contributed by atoms with Gasteiger partial charge >= 0.3 is 0 Å². The van der Waals surface area contributed by atoms with Crippen molar-refractivity contribution in [3.05, 3.63) is 360 Å². The highest BCUT2D eigenvalue weighted by atomic mass is 16.3. The standard InChI is InChI=1S/C81H56N2O2/c1-5-24-55(25-6-1)50-57-28-13-14-35-65(57)66-48-46-63(52-58(66)51-56-26-7-2-8-27-56)82(73-41-23-45-77-79(73)71-38-17-20-44-76(71)84-77)61-33-21-34-62(53-61)83(64-47-49-69-68-37-16-19-43-75(68)85-78(69)54-64)74-42-22-39-70-67-36-15-18-40-72(67)81(80(70)74,59-29-9-3-10-30-59)60-31-11-4-12-32-60/h1-49,52-54H,50-51H2. The summed E-state index contributed by atoms with van der Waals surface area (Å²) in [6.07, 6.45) is 1.56. The van der Waals surface area contributed by atoms with E-state index in [9.17, 15) is 0 Å². The minimum absolute atomic E-state index is 0.689. The van der Waals surface area contributed by atoms with Gasteiger partial charge < -0.3 is 18.6 Å². The van der Waals surface area contributed by atoms with Crippen LogP contribution in [0, 0.1) is 0 Å². The minimum atomic E-state index is -0.689. The van der Waals surface area contributed by atoms with Gasteiger partial charge in [0, 0.05) is 50.5 Å². The van der Waals surface area contributed by atoms with E-state index in [1.165, 1.54) is 66.8 Å². The number of rotatable bonds is 13. The van der Waals surface area contributed by atoms with E-state index in [0.29, 0.717) is 0 Å². The van der Waals surface area contributed by atoms with Gasteiger partial charge in [0.2, 0.25) is 0 Å². The molecule has 13 aromatic carbocycles. The Morgan fingerprint density at radius 3 is 1.48 bits per heavy atom. The van der Waals surface area contributed by atoms with E-state index in [2.05, 4.69) is 319 Å². The molecule has 0 fully saturated rings. The van der Waals surface area contributed by atoms with Crippen LogP contribution in [0.5, 0.6) is 0 Å². The van der Waals surface area contributed by atoms with Gasteiger partial charge in [-0.25, -0.2) is 0 Å². The van der Waals surface area contributed by atoms with Crippen molar-refractivity contribution in [3.8, 4) is 22.3 Å². The molecule has 0 bridgehead atoms. The maximum Gasteiger partial charge on any atom is 0.137 e. The fraction of sp³-hybridized carbons (Fsp3) is 0.0370. The maximum atomic E-state index is 6.77. The summed E-state index contributed by atoms with van der Waals surface area (Å²) in [5.41, 5.74) is 23.5. The predicted molar refractivity (Wildman–Crippen MR) is 352 cm³/mol. The van der Waals surface area contributed by atoms with Gasteiger partial charge in [0.25, 0.3) is 0 Å². The van der Waals surface area contributed by atoms with Crippen molar-refractivity contribution < 1.29 is 8.83 Å². The topological polar surface area (TPSA) is 32.8 Å². The molecule has 0 saturated carbocycles. The van der Waals surface area contributed by atoms with Crippen LogP contribution in [0.3, 0.4) is 0 Å². The zero-order valence-electron chi connectivity index (χ0n) is 46.6. The molecule has 0 spiro atoms. The van der Waals surface area contributed by atoms with Crippen molar-refractivity contribution in [1.29, 1.82) is 0 Å². The maximum absolute atomic E-state index is 6.77. The van der Waals surface area contributed by atoms with Crippen LogP contribution in [0.15, 0.2) is 324 Å². The van der Waals surface area contributed by atoms with E-state index in [-0.39, 0.29) is 0 Å². The molecule has 16 rings (SSSR count). The molecule has 0 amide bonds. The van der Waals surface area contributed by atoms with Crippen LogP contribution >= 0.6 is 0 Å². The van der Waals surface area contributed by atoms with Crippen molar-refractivity contribution in [2.75, 3.05) is 9.80 Å². The lowest BCUT2D eigenvalue weighted by molar-refractivity contribution is 0.668. The fourth-order valence-electron chi connectivity index (χ4n) is 13.8. The lowest BCUT2D eigenvalue weighted by Crippen LogP contribution is -2.30. The molecular formula is C81H56N2O2. The Hall–Kier alpha value is -10.9. The van der Waals surface area contributed by atoms with Gasteiger partial charge in [0.1, 0.15) is 22.3 Å². The lowest BCUT2D eigenvalue weighted by Gasteiger charge is -2.38. The molecule has 0 N–H and O–H groups in total. The number of furan rings is 2. The Balaban J connectivity index is 0.954. The van der Waals surface area contributed by atoms with E-state index in [0.717, 1.165) is 90.8 Å². The molecule has 1 aliphatic rings. The normalized spacial score (nSPS) is 12.4. The number of hydrogen-bond acceptors (Lipinski definition) is 4. The molecule has 2 aromatic heterocycles. The van der Waals surface area contributed by atoms with Gasteiger partial charge in [0.05, 0.1) is 22.2 Å². The summed E-state index contributed by atoms with van der Waals surface area (Å²) >= 11 is 0. The summed E-state index contributed by atoms with van der Waals surface area (Å²) in [6.45, 7) is 0. The van der Waals surface area contributed by atoms with Crippen LogP contribution in [-0.2, 0) is 18.3 Å². The number of hydrogen-bond donors (Lipinski definition) is 0. The summed E-state index contributed by atoms with van der Waals surface area (Å²) in [5, 5.41) is 4.27. The second kappa shape index (κ2) is 20.8. The smallest absolute Gasteiger partial charge is 0.137 e. The van der Waals surface area contributed by atoms with Gasteiger partial charge in [-0.3, -0.25) is 0 Å². The summed E-state index contributed by atoms with van der Waals surface area (Å²) in [6, 6.07) is 115. The van der Waals surface area contributed by atoms with Crippen molar-refractivity contribution in [2.24, 2.45) is 0 Å². The molecule has 4 heteroatoms. The molecule has 1 aliphatic carbocycles. The molecule has 0 unspecified atom stereocenters. The highest BCUT2D eigenvalue weighted by molar-refractivity contribution is 6.14. The molecular weight excluding hydrogens is 1030 g/mol. The second-order valence-corrected chi connectivity index (χ2v) is 22.3. The Morgan fingerprint density at radius 2 is 0.753 bits per heavy atom. The van der Waals surface area contributed by atoms with Gasteiger partial charge in [-0.2, -0.15) is 0 Å². The van der Waals surface area contributed by atoms with Crippen molar-refractivity contribution in [3.63, 3.8) is 0 Å². The molecule has 0 aliphatic heterocycles. The average Bonchev–Trinajstić information content (AvgIpc) is 1.61. The van der Waals surface area contributed by atoms with E-state index < -0.39 is 5.41 Å². The first-order valence-electron chi connectivity index (χ1n) is 29.3. The quantitative estimate of drug-likeness (QED) is 0.115. The third-order valence-corrected chi connectivity index (χ3v) is 17.4. The molecule has 402 valence electrons. The molecule has 85 heavy (non-hydrogen) atoms. The molecule has 0 radical (unpaired) electrons. The highest BCUT2D eigenvalue weighted by Gasteiger charge is 2.48. The van der Waals surface area contributed by atoms with Crippen LogP contribution in [0.2, 0.25) is 0 Å². The van der Waals surface area contributed by atoms with Crippen LogP contribution in [0.1, 0.15) is 44.5 Å². The Kier molecular flexibility index (Phi) is 12.2. The number of para-hydroxylation sites is 2. The van der Waals surface area contributed by atoms with Gasteiger partial charge in [-0.05, 0) is 147 Å². The monoisotopic (exact) mass is 1090 g/mol. The third kappa shape index (κ3) is 8.44. The summed E-state index contributed by atoms with van der Waals surface area (Å²) < 4.78 is 13.5. The zero-order valence-corrected chi connectivity index (χ0v) is 46.6. The van der Waals surface area contributed by atoms with E-state index in [1.807, 2.05) is 6.07 Å². The van der Waals surface area contributed by atoms with Crippen molar-refractivity contribution >= 4 is 78.0 Å². The summed E-state index contributed by atoms with van der Waals surface area (Å²) in [7, 11) is 0. The third-order valence-electron chi connectivity index (χ3n) is 17.4. The van der Waals surface area contributed by atoms with E-state index >= 15 is 0 Å². The van der Waals surface area contributed by atoms with Crippen LogP contribution in [0.25, 0.3) is 66.1 Å². The summed E-state index contributed by atoms with van der Waals surface area (Å²) in [5.74, 6) is 0. The summed E-state index contributed by atoms with van der Waals surface area (Å²) in [4.78, 5) is 4.92. The fourth-order valence-corrected chi connectivity index (χ4v) is 13.8. The first-order valence-corrected chi connectivity index (χ1v) is 29.3. The van der Waals surface area contributed by atoms with Crippen molar-refractivity contribution in [1.82, 2.24) is 0 Å². The van der Waals surface area contributed by atoms with E-state index in [4.69, 9.17) is 8.83 Å². The van der Waals surface area contributed by atoms with Gasteiger partial charge in [-0.1, -0.05) is 237 Å². The van der Waals surface area contributed by atoms with Crippen molar-refractivity contribution in [2.45, 2.75) is 18.3 Å². The number of anilines is 6. The van der Waals surface area contributed by atoms with Gasteiger partial charge in [0.15, 0.2) is 0 Å². The highest BCUT2D eigenvalue weighted by Crippen LogP contribution is 2.60. The predicted octanol–water partition coefficient (Wildman–Crippen LogP) is 21.6. The number of fused-ring (bicyclic) bond motifs is 9. The Morgan fingerprint density at radius 1 is 0.282 bits per heavy atom. The average molecular weight is 1090 g/mol. The SMILES string of the molecule is c1ccc(Cc2ccccc2-c2ccc(N(c3cccc(N(c4ccc5c(c4)oc4ccccc45)c4cccc5c4C(c4ccccc4)(c4ccccc4)c4ccccc4-5)c3)c3cccc4oc5ccccc5c34)cc2Cc2ccccc2)cc1. The van der Waals surface area contributed by atoms with Gasteiger partial charge in [-0.15, -0.1) is 0 Å². The molecule has 2 heterocycles. The molecule has 0 atom stereocenters. The van der Waals surface area contributed by atoms with E-state index in [1.54, 1.807) is 0 Å². The second-order valence-electron chi connectivity index (χ2n) is 22.3. The molecule has 15 aromatic rings. The Bertz CT molecular complexity index is 4930. The number of nitrogens with zero attached hydrogens (tertiary/aromatic N) is 2. The van der Waals surface area contributed by atoms with Crippen LogP contribution < -0.4 is 9.80 Å². The molecule has 4 nitrogen and oxygen atoms in total. The molecule has 0 saturated heterocycles. The lowest BCUT2D eigenvalue weighted by atomic mass is 9.67. The first-order chi connectivity index (χ1) is 42.2. The largest absolute Gasteiger partial charge is 0.456 e. The minimum Gasteiger partial charge on any atom is -0.456 e. The zero-order chi connectivity index (χ0) is 56.3.